The highest BCUT2D eigenvalue weighted by molar-refractivity contribution is 5.64. The maximum absolute atomic E-state index is 8.34. The number of rotatable bonds is 1. The van der Waals surface area contributed by atoms with Crippen molar-refractivity contribution in [1.82, 2.24) is 0 Å². The molecule has 0 saturated heterocycles. The minimum atomic E-state index is -1.48. The van der Waals surface area contributed by atoms with Crippen molar-refractivity contribution in [3.8, 4) is 11.3 Å². The van der Waals surface area contributed by atoms with Crippen LogP contribution in [0.1, 0.15) is 46.1 Å². The van der Waals surface area contributed by atoms with Crippen molar-refractivity contribution in [2.75, 3.05) is 0 Å². The average Bonchev–Trinajstić information content (AvgIpc) is 2.48. The largest absolute Gasteiger partial charge is 0.212 e. The molecule has 0 fully saturated rings. The lowest BCUT2D eigenvalue weighted by atomic mass is 9.87. The van der Waals surface area contributed by atoms with Crippen LogP contribution in [0.5, 0.6) is 0 Å². The quantitative estimate of drug-likeness (QED) is 0.690. The van der Waals surface area contributed by atoms with Crippen molar-refractivity contribution < 1.29 is 10.1 Å². The van der Waals surface area contributed by atoms with Gasteiger partial charge >= 0.3 is 0 Å². The van der Waals surface area contributed by atoms with Crippen LogP contribution in [0.2, 0.25) is 0 Å². The summed E-state index contributed by atoms with van der Waals surface area (Å²) in [5.41, 5.74) is 6.39. The van der Waals surface area contributed by atoms with Gasteiger partial charge in [0, 0.05) is 22.7 Å². The topological polar surface area (TPSA) is 3.88 Å². The Bertz CT molecular complexity index is 825. The number of fused-ring (bicyclic) bond motifs is 1. The first-order valence-corrected chi connectivity index (χ1v) is 7.16. The molecule has 104 valence electrons. The van der Waals surface area contributed by atoms with Crippen molar-refractivity contribution in [3.63, 3.8) is 0 Å². The van der Waals surface area contributed by atoms with Gasteiger partial charge in [-0.2, -0.15) is 0 Å². The van der Waals surface area contributed by atoms with Crippen LogP contribution in [0, 0.1) is 20.8 Å². The van der Waals surface area contributed by atoms with E-state index in [1.54, 1.807) is 0 Å². The Hall–Kier alpha value is -1.63. The van der Waals surface area contributed by atoms with Gasteiger partial charge in [0.1, 0.15) is 7.05 Å². The fraction of sp³-hybridized carbons (Fsp3) is 0.421. The molecule has 0 radical (unpaired) electrons. The normalized spacial score (nSPS) is 22.2. The molecular formula is C19H24N+. The fourth-order valence-electron chi connectivity index (χ4n) is 2.82. The third-order valence-electron chi connectivity index (χ3n) is 4.14. The van der Waals surface area contributed by atoms with Crippen LogP contribution < -0.4 is 4.57 Å². The van der Waals surface area contributed by atoms with E-state index in [0.717, 1.165) is 16.8 Å². The van der Waals surface area contributed by atoms with E-state index >= 15 is 0 Å². The smallest absolute Gasteiger partial charge is 0.201 e. The van der Waals surface area contributed by atoms with Crippen LogP contribution in [0.4, 0.5) is 0 Å². The van der Waals surface area contributed by atoms with Crippen LogP contribution >= 0.6 is 0 Å². The van der Waals surface area contributed by atoms with Gasteiger partial charge in [-0.15, -0.1) is 0 Å². The van der Waals surface area contributed by atoms with Crippen molar-refractivity contribution >= 4 is 0 Å². The fourth-order valence-corrected chi connectivity index (χ4v) is 2.82. The second-order valence-electron chi connectivity index (χ2n) is 5.70. The molecule has 0 unspecified atom stereocenters. The molecule has 3 rings (SSSR count). The number of benzene rings is 1. The van der Waals surface area contributed by atoms with E-state index in [0.29, 0.717) is 11.1 Å². The number of hydrogen-bond acceptors (Lipinski definition) is 0. The second-order valence-corrected chi connectivity index (χ2v) is 5.70. The number of nitrogens with zero attached hydrogens (tertiary/aromatic N) is 1. The van der Waals surface area contributed by atoms with E-state index in [4.69, 9.17) is 5.48 Å². The molecule has 1 heteroatoms. The van der Waals surface area contributed by atoms with E-state index in [1.165, 1.54) is 11.1 Å². The summed E-state index contributed by atoms with van der Waals surface area (Å²) >= 11 is 0. The van der Waals surface area contributed by atoms with Gasteiger partial charge in [-0.05, 0) is 74.7 Å². The van der Waals surface area contributed by atoms with Gasteiger partial charge in [-0.3, -0.25) is 0 Å². The molecule has 0 amide bonds. The van der Waals surface area contributed by atoms with Gasteiger partial charge in [0.25, 0.3) is 0 Å². The lowest BCUT2D eigenvalue weighted by Crippen LogP contribution is -2.31. The molecule has 0 aliphatic heterocycles. The Morgan fingerprint density at radius 1 is 0.900 bits per heavy atom. The number of aromatic nitrogens is 1. The van der Waals surface area contributed by atoms with Crippen LogP contribution in [0.15, 0.2) is 24.4 Å². The molecule has 1 aliphatic carbocycles. The summed E-state index contributed by atoms with van der Waals surface area (Å²) in [4.78, 5) is 0. The first kappa shape index (κ1) is 9.33. The highest BCUT2D eigenvalue weighted by atomic mass is 14.9. The maximum atomic E-state index is 8.34. The zero-order chi connectivity index (χ0) is 17.9. The Labute approximate surface area is 127 Å². The van der Waals surface area contributed by atoms with Gasteiger partial charge in [-0.1, -0.05) is 6.07 Å². The summed E-state index contributed by atoms with van der Waals surface area (Å²) in [5.74, 6) is 0. The average molecular weight is 270 g/mol. The van der Waals surface area contributed by atoms with Crippen molar-refractivity contribution in [3.05, 3.63) is 52.2 Å². The molecule has 1 heterocycles. The summed E-state index contributed by atoms with van der Waals surface area (Å²) in [6.45, 7) is 6.13. The van der Waals surface area contributed by atoms with Crippen LogP contribution in [-0.2, 0) is 19.8 Å². The van der Waals surface area contributed by atoms with Crippen LogP contribution in [0.25, 0.3) is 11.3 Å². The zero-order valence-electron chi connectivity index (χ0n) is 16.7. The first-order valence-electron chi connectivity index (χ1n) is 9.16. The molecule has 20 heavy (non-hydrogen) atoms. The highest BCUT2D eigenvalue weighted by Gasteiger charge is 2.18. The predicted octanol–water partition coefficient (Wildman–Crippen LogP) is 3.98. The predicted molar refractivity (Wildman–Crippen MR) is 83.9 cm³/mol. The zero-order valence-corrected chi connectivity index (χ0v) is 12.7. The summed E-state index contributed by atoms with van der Waals surface area (Å²) < 4.78 is 35.2. The molecule has 0 saturated carbocycles. The molecule has 0 atom stereocenters. The van der Waals surface area contributed by atoms with E-state index in [1.807, 2.05) is 26.1 Å². The third kappa shape index (κ3) is 2.26. The SMILES string of the molecule is [2H]C1([2H])CCC([2H])([2H])c2cc(-c3cc(C)c(C)c[n+]3C)c(C)cc21. The minimum absolute atomic E-state index is 0.217. The molecular weight excluding hydrogens is 242 g/mol. The standard InChI is InChI=1S/C19H24N/c1-13-10-19(20(4)12-15(13)3)18-11-17-8-6-5-7-16(17)9-14(18)2/h9-12H,5-8H2,1-4H3/q+1/i7D2,8D2. The van der Waals surface area contributed by atoms with Crippen molar-refractivity contribution in [2.45, 2.75) is 46.4 Å². The number of hydrogen-bond donors (Lipinski definition) is 0. The van der Waals surface area contributed by atoms with Gasteiger partial charge in [0.15, 0.2) is 6.20 Å². The molecule has 0 N–H and O–H groups in total. The summed E-state index contributed by atoms with van der Waals surface area (Å²) in [6, 6.07) is 5.83. The Kier molecular flexibility index (Phi) is 2.35. The monoisotopic (exact) mass is 270 g/mol. The van der Waals surface area contributed by atoms with E-state index < -0.39 is 12.7 Å². The summed E-state index contributed by atoms with van der Waals surface area (Å²) in [6.07, 6.45) is -0.424. The van der Waals surface area contributed by atoms with E-state index in [-0.39, 0.29) is 12.8 Å². The van der Waals surface area contributed by atoms with Crippen molar-refractivity contribution in [2.24, 2.45) is 7.05 Å². The molecule has 0 spiro atoms. The van der Waals surface area contributed by atoms with E-state index in [9.17, 15) is 0 Å². The van der Waals surface area contributed by atoms with Gasteiger partial charge in [0.2, 0.25) is 5.69 Å². The molecule has 1 aliphatic rings. The van der Waals surface area contributed by atoms with E-state index in [2.05, 4.69) is 30.7 Å². The van der Waals surface area contributed by atoms with Crippen molar-refractivity contribution in [1.29, 1.82) is 0 Å². The maximum Gasteiger partial charge on any atom is 0.212 e. The summed E-state index contributed by atoms with van der Waals surface area (Å²) in [5, 5.41) is 0. The van der Waals surface area contributed by atoms with Crippen LogP contribution in [-0.4, -0.2) is 0 Å². The van der Waals surface area contributed by atoms with Crippen LogP contribution in [0.3, 0.4) is 0 Å². The Morgan fingerprint density at radius 2 is 1.55 bits per heavy atom. The van der Waals surface area contributed by atoms with Gasteiger partial charge in [-0.25, -0.2) is 4.57 Å². The second kappa shape index (κ2) is 5.05. The minimum Gasteiger partial charge on any atom is -0.201 e. The first-order chi connectivity index (χ1) is 11.0. The number of aryl methyl sites for hydroxylation is 6. The molecule has 1 nitrogen and oxygen atoms in total. The molecule has 1 aromatic carbocycles. The lowest BCUT2D eigenvalue weighted by Gasteiger charge is -2.18. The highest BCUT2D eigenvalue weighted by Crippen LogP contribution is 2.29. The lowest BCUT2D eigenvalue weighted by molar-refractivity contribution is -0.660. The van der Waals surface area contributed by atoms with Gasteiger partial charge < -0.3 is 0 Å². The Morgan fingerprint density at radius 3 is 2.25 bits per heavy atom. The third-order valence-corrected chi connectivity index (χ3v) is 4.14. The molecule has 1 aromatic heterocycles. The Balaban J connectivity index is 2.28. The summed E-state index contributed by atoms with van der Waals surface area (Å²) in [7, 11) is 1.99. The van der Waals surface area contributed by atoms with Gasteiger partial charge in [0.05, 0.1) is 0 Å². The molecule has 2 aromatic rings. The number of pyridine rings is 1. The molecule has 0 bridgehead atoms.